The van der Waals surface area contributed by atoms with Gasteiger partial charge in [-0.1, -0.05) is 13.0 Å². The van der Waals surface area contributed by atoms with Crippen LogP contribution in [0, 0.1) is 0 Å². The fourth-order valence-electron chi connectivity index (χ4n) is 1.57. The lowest BCUT2D eigenvalue weighted by Crippen LogP contribution is -2.20. The highest BCUT2D eigenvalue weighted by Crippen LogP contribution is 2.21. The van der Waals surface area contributed by atoms with E-state index in [1.807, 2.05) is 31.2 Å². The van der Waals surface area contributed by atoms with Crippen molar-refractivity contribution in [2.75, 3.05) is 17.7 Å². The van der Waals surface area contributed by atoms with Crippen LogP contribution in [0.5, 0.6) is 0 Å². The molecule has 5 nitrogen and oxygen atoms in total. The number of anilines is 1. The summed E-state index contributed by atoms with van der Waals surface area (Å²) in [6, 6.07) is 7.59. The molecule has 1 aromatic heterocycles. The number of benzene rings is 1. The summed E-state index contributed by atoms with van der Waals surface area (Å²) in [7, 11) is 0. The van der Waals surface area contributed by atoms with Gasteiger partial charge in [-0.2, -0.15) is 0 Å². The third kappa shape index (κ3) is 3.68. The lowest BCUT2D eigenvalue weighted by atomic mass is 10.2. The van der Waals surface area contributed by atoms with Gasteiger partial charge in [0, 0.05) is 24.2 Å². The fourth-order valence-corrected chi connectivity index (χ4v) is 1.67. The number of nitrogens with zero attached hydrogens (tertiary/aromatic N) is 2. The average molecular weight is 282 g/mol. The van der Waals surface area contributed by atoms with Gasteiger partial charge in [0.05, 0.1) is 12.0 Å². The van der Waals surface area contributed by atoms with Gasteiger partial charge in [-0.05, 0) is 18.2 Å². The molecule has 2 aromatic rings. The number of nitrogens with one attached hydrogen (secondary N) is 1. The fraction of sp³-hybridized carbons (Fsp3) is 0.385. The quantitative estimate of drug-likeness (QED) is 0.795. The first-order valence-electron chi connectivity index (χ1n) is 6.13. The minimum Gasteiger partial charge on any atom is -0.421 e. The number of aliphatic hydroxyl groups excluding tert-OH is 1. The average Bonchev–Trinajstić information content (AvgIpc) is 2.94. The molecule has 102 valence electrons. The molecule has 0 aliphatic rings. The molecule has 0 bridgehead atoms. The van der Waals surface area contributed by atoms with E-state index in [-0.39, 0.29) is 5.88 Å². The summed E-state index contributed by atoms with van der Waals surface area (Å²) in [5.41, 5.74) is 1.72. The number of alkyl halides is 1. The van der Waals surface area contributed by atoms with Crippen molar-refractivity contribution >= 4 is 17.3 Å². The number of hydrogen-bond acceptors (Lipinski definition) is 5. The van der Waals surface area contributed by atoms with Crippen LogP contribution >= 0.6 is 11.6 Å². The Kier molecular flexibility index (Phi) is 4.76. The summed E-state index contributed by atoms with van der Waals surface area (Å²) in [5.74, 6) is 1.32. The maximum absolute atomic E-state index is 9.41. The molecule has 0 radical (unpaired) electrons. The summed E-state index contributed by atoms with van der Waals surface area (Å²) in [4.78, 5) is 0. The standard InChI is InChI=1S/C13H16ClN3O2/c1-2-12-16-17-13(19-12)9-4-3-5-10(6-9)15-8-11(18)7-14/h3-6,11,15,18H,2,7-8H2,1H3. The van der Waals surface area contributed by atoms with Crippen molar-refractivity contribution in [1.29, 1.82) is 0 Å². The monoisotopic (exact) mass is 281 g/mol. The lowest BCUT2D eigenvalue weighted by molar-refractivity contribution is 0.211. The van der Waals surface area contributed by atoms with Gasteiger partial charge in [0.25, 0.3) is 0 Å². The van der Waals surface area contributed by atoms with E-state index >= 15 is 0 Å². The highest BCUT2D eigenvalue weighted by Gasteiger charge is 2.08. The normalized spacial score (nSPS) is 12.4. The molecule has 2 rings (SSSR count). The van der Waals surface area contributed by atoms with Gasteiger partial charge in [0.2, 0.25) is 11.8 Å². The summed E-state index contributed by atoms with van der Waals surface area (Å²) in [6.45, 7) is 2.36. The van der Waals surface area contributed by atoms with Crippen LogP contribution in [-0.2, 0) is 6.42 Å². The topological polar surface area (TPSA) is 71.2 Å². The maximum atomic E-state index is 9.41. The van der Waals surface area contributed by atoms with Crippen LogP contribution in [0.4, 0.5) is 5.69 Å². The van der Waals surface area contributed by atoms with Crippen molar-refractivity contribution in [2.45, 2.75) is 19.4 Å². The first-order valence-corrected chi connectivity index (χ1v) is 6.67. The van der Waals surface area contributed by atoms with E-state index in [1.54, 1.807) is 0 Å². The molecule has 1 atom stereocenters. The van der Waals surface area contributed by atoms with Crippen LogP contribution < -0.4 is 5.32 Å². The van der Waals surface area contributed by atoms with Gasteiger partial charge < -0.3 is 14.8 Å². The van der Waals surface area contributed by atoms with Gasteiger partial charge in [-0.15, -0.1) is 21.8 Å². The number of halogens is 1. The molecule has 2 N–H and O–H groups in total. The Bertz CT molecular complexity index is 530. The number of rotatable bonds is 6. The Morgan fingerprint density at radius 1 is 1.42 bits per heavy atom. The molecule has 0 amide bonds. The maximum Gasteiger partial charge on any atom is 0.247 e. The minimum absolute atomic E-state index is 0.205. The van der Waals surface area contributed by atoms with E-state index in [4.69, 9.17) is 16.0 Å². The molecule has 1 heterocycles. The Balaban J connectivity index is 2.10. The zero-order valence-electron chi connectivity index (χ0n) is 10.6. The molecule has 0 spiro atoms. The van der Waals surface area contributed by atoms with Gasteiger partial charge in [0.1, 0.15) is 0 Å². The predicted octanol–water partition coefficient (Wildman–Crippen LogP) is 2.31. The molecule has 19 heavy (non-hydrogen) atoms. The number of aryl methyl sites for hydroxylation is 1. The highest BCUT2D eigenvalue weighted by molar-refractivity contribution is 6.18. The Morgan fingerprint density at radius 3 is 2.95 bits per heavy atom. The van der Waals surface area contributed by atoms with Crippen LogP contribution in [0.25, 0.3) is 11.5 Å². The predicted molar refractivity (Wildman–Crippen MR) is 74.3 cm³/mol. The Morgan fingerprint density at radius 2 is 2.26 bits per heavy atom. The second kappa shape index (κ2) is 6.54. The third-order valence-corrected chi connectivity index (χ3v) is 2.95. The Labute approximate surface area is 116 Å². The Hall–Kier alpha value is -1.59. The van der Waals surface area contributed by atoms with Gasteiger partial charge in [-0.3, -0.25) is 0 Å². The summed E-state index contributed by atoms with van der Waals surface area (Å²) in [6.07, 6.45) is 0.146. The van der Waals surface area contributed by atoms with Gasteiger partial charge in [0.15, 0.2) is 0 Å². The second-order valence-corrected chi connectivity index (χ2v) is 4.43. The zero-order chi connectivity index (χ0) is 13.7. The lowest BCUT2D eigenvalue weighted by Gasteiger charge is -2.10. The summed E-state index contributed by atoms with van der Waals surface area (Å²) >= 11 is 5.54. The minimum atomic E-state index is -0.569. The van der Waals surface area contributed by atoms with Crippen LogP contribution in [0.15, 0.2) is 28.7 Å². The first-order chi connectivity index (χ1) is 9.22. The van der Waals surface area contributed by atoms with E-state index < -0.39 is 6.10 Å². The third-order valence-electron chi connectivity index (χ3n) is 2.60. The van der Waals surface area contributed by atoms with Gasteiger partial charge >= 0.3 is 0 Å². The molecular formula is C13H16ClN3O2. The summed E-state index contributed by atoms with van der Waals surface area (Å²) in [5, 5.41) is 20.4. The molecule has 0 fully saturated rings. The molecular weight excluding hydrogens is 266 g/mol. The molecule has 0 saturated heterocycles. The number of hydrogen-bond donors (Lipinski definition) is 2. The molecule has 1 aromatic carbocycles. The largest absolute Gasteiger partial charge is 0.421 e. The van der Waals surface area contributed by atoms with Crippen LogP contribution in [-0.4, -0.2) is 33.8 Å². The van der Waals surface area contributed by atoms with E-state index in [2.05, 4.69) is 15.5 Å². The molecule has 6 heteroatoms. The smallest absolute Gasteiger partial charge is 0.247 e. The first kappa shape index (κ1) is 13.8. The van der Waals surface area contributed by atoms with Crippen molar-refractivity contribution in [1.82, 2.24) is 10.2 Å². The summed E-state index contributed by atoms with van der Waals surface area (Å²) < 4.78 is 5.50. The van der Waals surface area contributed by atoms with Gasteiger partial charge in [-0.25, -0.2) is 0 Å². The molecule has 1 unspecified atom stereocenters. The van der Waals surface area contributed by atoms with E-state index in [0.717, 1.165) is 11.3 Å². The molecule has 0 aliphatic heterocycles. The zero-order valence-corrected chi connectivity index (χ0v) is 11.4. The van der Waals surface area contributed by atoms with Crippen molar-refractivity contribution in [3.05, 3.63) is 30.2 Å². The SMILES string of the molecule is CCc1nnc(-c2cccc(NCC(O)CCl)c2)o1. The van der Waals surface area contributed by atoms with Crippen molar-refractivity contribution in [3.63, 3.8) is 0 Å². The molecule has 0 saturated carbocycles. The number of aromatic nitrogens is 2. The van der Waals surface area contributed by atoms with E-state index in [1.165, 1.54) is 0 Å². The number of aliphatic hydroxyl groups is 1. The van der Waals surface area contributed by atoms with Crippen molar-refractivity contribution in [3.8, 4) is 11.5 Å². The highest BCUT2D eigenvalue weighted by atomic mass is 35.5. The van der Waals surface area contributed by atoms with Crippen LogP contribution in [0.1, 0.15) is 12.8 Å². The molecule has 0 aliphatic carbocycles. The van der Waals surface area contributed by atoms with Crippen molar-refractivity contribution in [2.24, 2.45) is 0 Å². The van der Waals surface area contributed by atoms with E-state index in [0.29, 0.717) is 24.7 Å². The van der Waals surface area contributed by atoms with E-state index in [9.17, 15) is 5.11 Å². The van der Waals surface area contributed by atoms with Crippen LogP contribution in [0.2, 0.25) is 0 Å². The second-order valence-electron chi connectivity index (χ2n) is 4.12. The van der Waals surface area contributed by atoms with Crippen molar-refractivity contribution < 1.29 is 9.52 Å². The van der Waals surface area contributed by atoms with Crippen LogP contribution in [0.3, 0.4) is 0 Å².